The van der Waals surface area contributed by atoms with Gasteiger partial charge in [0.1, 0.15) is 11.8 Å². The maximum absolute atomic E-state index is 13.2. The number of rotatable bonds is 9. The Labute approximate surface area is 186 Å². The summed E-state index contributed by atoms with van der Waals surface area (Å²) in [5, 5.41) is 3.07. The van der Waals surface area contributed by atoms with Crippen molar-refractivity contribution in [3.8, 4) is 5.75 Å². The summed E-state index contributed by atoms with van der Waals surface area (Å²) in [6, 6.07) is 12.0. The van der Waals surface area contributed by atoms with Crippen LogP contribution in [0.1, 0.15) is 49.9 Å². The fourth-order valence-corrected chi connectivity index (χ4v) is 4.84. The molecule has 1 amide bonds. The molecule has 7 heteroatoms. The summed E-state index contributed by atoms with van der Waals surface area (Å²) < 4.78 is 31.8. The molecule has 2 rings (SSSR count). The van der Waals surface area contributed by atoms with Crippen molar-refractivity contribution in [3.63, 3.8) is 0 Å². The molecule has 31 heavy (non-hydrogen) atoms. The summed E-state index contributed by atoms with van der Waals surface area (Å²) >= 11 is 0. The van der Waals surface area contributed by atoms with Crippen molar-refractivity contribution in [2.24, 2.45) is 5.92 Å². The molecule has 170 valence electrons. The van der Waals surface area contributed by atoms with Gasteiger partial charge in [0.2, 0.25) is 15.9 Å². The minimum atomic E-state index is -3.68. The summed E-state index contributed by atoms with van der Waals surface area (Å²) in [4.78, 5) is 13.2. The quantitative estimate of drug-likeness (QED) is 0.621. The minimum Gasteiger partial charge on any atom is -0.497 e. The maximum Gasteiger partial charge on any atom is 0.244 e. The van der Waals surface area contributed by atoms with E-state index in [1.54, 1.807) is 20.1 Å². The number of amides is 1. The van der Waals surface area contributed by atoms with E-state index >= 15 is 0 Å². The van der Waals surface area contributed by atoms with Gasteiger partial charge in [-0.05, 0) is 68.0 Å². The SMILES string of the molecule is COc1ccc([C@@H](CC(C)C)NC(=O)[C@H](C)N(c2cc(C)ccc2C)S(C)(=O)=O)cc1. The summed E-state index contributed by atoms with van der Waals surface area (Å²) in [6.07, 6.45) is 1.86. The molecule has 0 fully saturated rings. The molecule has 0 bridgehead atoms. The molecule has 2 aromatic rings. The number of carbonyl (C=O) groups is 1. The van der Waals surface area contributed by atoms with Crippen LogP contribution in [-0.2, 0) is 14.8 Å². The number of carbonyl (C=O) groups excluding carboxylic acids is 1. The second-order valence-corrected chi connectivity index (χ2v) is 10.3. The summed E-state index contributed by atoms with van der Waals surface area (Å²) in [6.45, 7) is 9.54. The Morgan fingerprint density at radius 1 is 1.06 bits per heavy atom. The molecule has 2 atom stereocenters. The van der Waals surface area contributed by atoms with Gasteiger partial charge in [0, 0.05) is 0 Å². The number of methoxy groups -OCH3 is 1. The lowest BCUT2D eigenvalue weighted by molar-refractivity contribution is -0.122. The summed E-state index contributed by atoms with van der Waals surface area (Å²) in [5.74, 6) is 0.741. The monoisotopic (exact) mass is 446 g/mol. The molecule has 0 radical (unpaired) electrons. The zero-order chi connectivity index (χ0) is 23.3. The molecule has 0 aliphatic rings. The van der Waals surface area contributed by atoms with Gasteiger partial charge < -0.3 is 10.1 Å². The molecular formula is C24H34N2O4S. The van der Waals surface area contributed by atoms with Gasteiger partial charge in [0.15, 0.2) is 0 Å². The number of hydrogen-bond donors (Lipinski definition) is 1. The van der Waals surface area contributed by atoms with Gasteiger partial charge in [-0.2, -0.15) is 0 Å². The zero-order valence-corrected chi connectivity index (χ0v) is 20.3. The van der Waals surface area contributed by atoms with Gasteiger partial charge in [0.25, 0.3) is 0 Å². The lowest BCUT2D eigenvalue weighted by atomic mass is 9.96. The smallest absolute Gasteiger partial charge is 0.244 e. The second kappa shape index (κ2) is 10.2. The summed E-state index contributed by atoms with van der Waals surface area (Å²) in [5.41, 5.74) is 3.20. The van der Waals surface area contributed by atoms with E-state index < -0.39 is 16.1 Å². The van der Waals surface area contributed by atoms with Crippen LogP contribution >= 0.6 is 0 Å². The summed E-state index contributed by atoms with van der Waals surface area (Å²) in [7, 11) is -2.07. The normalized spacial score (nSPS) is 13.5. The predicted molar refractivity (Wildman–Crippen MR) is 126 cm³/mol. The van der Waals surface area contributed by atoms with Crippen LogP contribution in [0.15, 0.2) is 42.5 Å². The van der Waals surface area contributed by atoms with Gasteiger partial charge in [-0.25, -0.2) is 8.42 Å². The van der Waals surface area contributed by atoms with Crippen molar-refractivity contribution in [1.82, 2.24) is 5.32 Å². The minimum absolute atomic E-state index is 0.235. The molecule has 0 aromatic heterocycles. The second-order valence-electron chi connectivity index (χ2n) is 8.49. The van der Waals surface area contributed by atoms with Crippen LogP contribution in [0.3, 0.4) is 0 Å². The fraction of sp³-hybridized carbons (Fsp3) is 0.458. The van der Waals surface area contributed by atoms with E-state index in [1.165, 1.54) is 4.31 Å². The van der Waals surface area contributed by atoms with Crippen molar-refractivity contribution >= 4 is 21.6 Å². The molecule has 0 spiro atoms. The van der Waals surface area contributed by atoms with Crippen molar-refractivity contribution < 1.29 is 17.9 Å². The first-order valence-corrected chi connectivity index (χ1v) is 12.3. The molecule has 0 aliphatic carbocycles. The third-order valence-electron chi connectivity index (χ3n) is 5.23. The molecule has 0 saturated heterocycles. The Balaban J connectivity index is 2.36. The van der Waals surface area contributed by atoms with Crippen LogP contribution < -0.4 is 14.4 Å². The first-order chi connectivity index (χ1) is 14.4. The van der Waals surface area contributed by atoms with Crippen LogP contribution in [0.4, 0.5) is 5.69 Å². The van der Waals surface area contributed by atoms with E-state index in [2.05, 4.69) is 19.2 Å². The Morgan fingerprint density at radius 2 is 1.68 bits per heavy atom. The molecule has 0 saturated carbocycles. The average Bonchev–Trinajstić information content (AvgIpc) is 2.68. The van der Waals surface area contributed by atoms with Crippen molar-refractivity contribution in [2.75, 3.05) is 17.7 Å². The van der Waals surface area contributed by atoms with Crippen LogP contribution in [0.25, 0.3) is 0 Å². The van der Waals surface area contributed by atoms with Crippen LogP contribution in [0.2, 0.25) is 0 Å². The number of ether oxygens (including phenoxy) is 1. The Kier molecular flexibility index (Phi) is 8.12. The van der Waals surface area contributed by atoms with Crippen molar-refractivity contribution in [3.05, 3.63) is 59.2 Å². The molecule has 1 N–H and O–H groups in total. The molecule has 6 nitrogen and oxygen atoms in total. The highest BCUT2D eigenvalue weighted by atomic mass is 32.2. The molecular weight excluding hydrogens is 412 g/mol. The number of nitrogens with one attached hydrogen (secondary N) is 1. The highest BCUT2D eigenvalue weighted by Crippen LogP contribution is 2.28. The largest absolute Gasteiger partial charge is 0.497 e. The third kappa shape index (κ3) is 6.47. The van der Waals surface area contributed by atoms with Crippen LogP contribution in [-0.4, -0.2) is 33.7 Å². The van der Waals surface area contributed by atoms with Gasteiger partial charge in [-0.1, -0.05) is 38.1 Å². The van der Waals surface area contributed by atoms with Gasteiger partial charge in [0.05, 0.1) is 25.1 Å². The number of nitrogens with zero attached hydrogens (tertiary/aromatic N) is 1. The van der Waals surface area contributed by atoms with Gasteiger partial charge >= 0.3 is 0 Å². The molecule has 0 heterocycles. The third-order valence-corrected chi connectivity index (χ3v) is 6.46. The van der Waals surface area contributed by atoms with E-state index in [9.17, 15) is 13.2 Å². The van der Waals surface area contributed by atoms with Gasteiger partial charge in [-0.3, -0.25) is 9.10 Å². The lowest BCUT2D eigenvalue weighted by Gasteiger charge is -2.31. The van der Waals surface area contributed by atoms with E-state index in [1.807, 2.05) is 50.2 Å². The van der Waals surface area contributed by atoms with Crippen molar-refractivity contribution in [1.29, 1.82) is 0 Å². The Hall–Kier alpha value is -2.54. The van der Waals surface area contributed by atoms with E-state index in [4.69, 9.17) is 4.74 Å². The number of benzene rings is 2. The number of hydrogen-bond acceptors (Lipinski definition) is 4. The Bertz CT molecular complexity index is 1000. The van der Waals surface area contributed by atoms with Crippen LogP contribution in [0.5, 0.6) is 5.75 Å². The van der Waals surface area contributed by atoms with E-state index in [-0.39, 0.29) is 11.9 Å². The highest BCUT2D eigenvalue weighted by Gasteiger charge is 2.31. The fourth-order valence-electron chi connectivity index (χ4n) is 3.62. The molecule has 2 aromatic carbocycles. The zero-order valence-electron chi connectivity index (χ0n) is 19.5. The van der Waals surface area contributed by atoms with Gasteiger partial charge in [-0.15, -0.1) is 0 Å². The maximum atomic E-state index is 13.2. The van der Waals surface area contributed by atoms with Crippen molar-refractivity contribution in [2.45, 2.75) is 53.1 Å². The van der Waals surface area contributed by atoms with E-state index in [0.717, 1.165) is 35.1 Å². The molecule has 0 unspecified atom stereocenters. The first kappa shape index (κ1) is 24.7. The number of sulfonamides is 1. The number of anilines is 1. The number of aryl methyl sites for hydroxylation is 2. The Morgan fingerprint density at radius 3 is 2.19 bits per heavy atom. The first-order valence-electron chi connectivity index (χ1n) is 10.4. The standard InChI is InChI=1S/C24H34N2O4S/c1-16(2)14-22(20-10-12-21(30-6)13-11-20)25-24(27)19(5)26(31(7,28)29)23-15-17(3)8-9-18(23)4/h8-13,15-16,19,22H,14H2,1-7H3,(H,25,27)/t19-,22+/m0/s1. The average molecular weight is 447 g/mol. The van der Waals surface area contributed by atoms with E-state index in [0.29, 0.717) is 11.6 Å². The lowest BCUT2D eigenvalue weighted by Crippen LogP contribution is -2.49. The topological polar surface area (TPSA) is 75.7 Å². The predicted octanol–water partition coefficient (Wildman–Crippen LogP) is 4.37. The molecule has 0 aliphatic heterocycles. The highest BCUT2D eigenvalue weighted by molar-refractivity contribution is 7.92. The van der Waals surface area contributed by atoms with Crippen LogP contribution in [0, 0.1) is 19.8 Å².